The van der Waals surface area contributed by atoms with Gasteiger partial charge in [-0.1, -0.05) is 43.4 Å². The van der Waals surface area contributed by atoms with Gasteiger partial charge in [-0.15, -0.1) is 0 Å². The third kappa shape index (κ3) is 19.2. The van der Waals surface area contributed by atoms with Crippen LogP contribution in [-0.4, -0.2) is 68.5 Å². The highest BCUT2D eigenvalue weighted by Crippen LogP contribution is 2.38. The van der Waals surface area contributed by atoms with Crippen LogP contribution in [0.25, 0.3) is 0 Å². The summed E-state index contributed by atoms with van der Waals surface area (Å²) in [4.78, 5) is 23.3. The van der Waals surface area contributed by atoms with Gasteiger partial charge in [0.25, 0.3) is 7.82 Å². The minimum Gasteiger partial charge on any atom is -0.756 e. The SMILES string of the molecule is CC/C=C/CC/C=C/CC/C=C/C(O)C(COP(=O)([O-])OCC[N+](C)(C)C)NC(C)=O. The van der Waals surface area contributed by atoms with E-state index in [4.69, 9.17) is 9.05 Å². The number of carbonyl (C=O) groups is 1. The summed E-state index contributed by atoms with van der Waals surface area (Å²) in [6.07, 6.45) is 15.4. The first-order valence-corrected chi connectivity index (χ1v) is 12.3. The van der Waals surface area contributed by atoms with Gasteiger partial charge in [0.05, 0.1) is 39.9 Å². The van der Waals surface area contributed by atoms with E-state index in [1.54, 1.807) is 6.08 Å². The molecule has 2 N–H and O–H groups in total. The Hall–Kier alpha value is -1.28. The van der Waals surface area contributed by atoms with Crippen molar-refractivity contribution in [3.63, 3.8) is 0 Å². The van der Waals surface area contributed by atoms with Crippen LogP contribution in [0, 0.1) is 0 Å². The Balaban J connectivity index is 4.46. The summed E-state index contributed by atoms with van der Waals surface area (Å²) in [6, 6.07) is -0.904. The molecule has 0 aromatic heterocycles. The first-order valence-electron chi connectivity index (χ1n) is 10.8. The number of hydrogen-bond donors (Lipinski definition) is 2. The van der Waals surface area contributed by atoms with E-state index in [1.165, 1.54) is 13.0 Å². The Bertz CT molecular complexity index is 628. The zero-order valence-electron chi connectivity index (χ0n) is 19.7. The van der Waals surface area contributed by atoms with Gasteiger partial charge in [0.1, 0.15) is 13.2 Å². The Morgan fingerprint density at radius 2 is 1.61 bits per heavy atom. The molecule has 0 aliphatic rings. The Kier molecular flexibility index (Phi) is 15.7. The molecule has 0 bridgehead atoms. The molecular weight excluding hydrogens is 419 g/mol. The van der Waals surface area contributed by atoms with E-state index in [1.807, 2.05) is 21.1 Å². The molecular formula is C22H41N2O6P. The van der Waals surface area contributed by atoms with Crippen LogP contribution in [0.4, 0.5) is 0 Å². The molecule has 0 aliphatic carbocycles. The summed E-state index contributed by atoms with van der Waals surface area (Å²) in [5.41, 5.74) is 0. The van der Waals surface area contributed by atoms with Crippen LogP contribution in [0.15, 0.2) is 36.5 Å². The fraction of sp³-hybridized carbons (Fsp3) is 0.682. The summed E-state index contributed by atoms with van der Waals surface area (Å²) in [7, 11) is 1.21. The first kappa shape index (κ1) is 29.7. The summed E-state index contributed by atoms with van der Waals surface area (Å²) in [5.74, 6) is -0.396. The van der Waals surface area contributed by atoms with Crippen LogP contribution >= 0.6 is 7.82 Å². The minimum atomic E-state index is -4.53. The second kappa shape index (κ2) is 16.4. The van der Waals surface area contributed by atoms with E-state index in [2.05, 4.69) is 36.5 Å². The zero-order chi connectivity index (χ0) is 23.8. The van der Waals surface area contributed by atoms with E-state index in [9.17, 15) is 19.4 Å². The zero-order valence-corrected chi connectivity index (χ0v) is 20.6. The fourth-order valence-corrected chi connectivity index (χ4v) is 3.12. The number of carbonyl (C=O) groups excluding carboxylic acids is 1. The van der Waals surface area contributed by atoms with Crippen LogP contribution in [0.5, 0.6) is 0 Å². The lowest BCUT2D eigenvalue weighted by Gasteiger charge is -2.29. The fourth-order valence-electron chi connectivity index (χ4n) is 2.40. The molecule has 0 fully saturated rings. The third-order valence-corrected chi connectivity index (χ3v) is 5.09. The van der Waals surface area contributed by atoms with Gasteiger partial charge in [-0.3, -0.25) is 9.36 Å². The number of rotatable bonds is 17. The molecule has 31 heavy (non-hydrogen) atoms. The smallest absolute Gasteiger partial charge is 0.268 e. The number of nitrogens with zero attached hydrogens (tertiary/aromatic N) is 1. The van der Waals surface area contributed by atoms with E-state index in [0.29, 0.717) is 11.0 Å². The lowest BCUT2D eigenvalue weighted by molar-refractivity contribution is -0.870. The molecule has 9 heteroatoms. The molecule has 3 atom stereocenters. The molecule has 0 rings (SSSR count). The summed E-state index contributed by atoms with van der Waals surface area (Å²) in [6.45, 7) is 3.45. The lowest BCUT2D eigenvalue weighted by Crippen LogP contribution is -2.45. The summed E-state index contributed by atoms with van der Waals surface area (Å²) in [5, 5.41) is 12.8. The van der Waals surface area contributed by atoms with Crippen molar-refractivity contribution in [2.24, 2.45) is 0 Å². The first-order chi connectivity index (χ1) is 14.5. The van der Waals surface area contributed by atoms with Crippen molar-refractivity contribution in [3.05, 3.63) is 36.5 Å². The predicted molar refractivity (Wildman–Crippen MR) is 122 cm³/mol. The molecule has 0 aromatic carbocycles. The molecule has 3 unspecified atom stereocenters. The van der Waals surface area contributed by atoms with Crippen LogP contribution < -0.4 is 10.2 Å². The molecule has 0 saturated heterocycles. The van der Waals surface area contributed by atoms with Gasteiger partial charge >= 0.3 is 0 Å². The van der Waals surface area contributed by atoms with Gasteiger partial charge in [0, 0.05) is 6.92 Å². The quantitative estimate of drug-likeness (QED) is 0.150. The second-order valence-corrected chi connectivity index (χ2v) is 9.73. The van der Waals surface area contributed by atoms with Gasteiger partial charge in [-0.05, 0) is 32.1 Å². The van der Waals surface area contributed by atoms with Crippen LogP contribution in [0.3, 0.4) is 0 Å². The minimum absolute atomic E-state index is 0.0139. The highest BCUT2D eigenvalue weighted by atomic mass is 31.2. The molecule has 0 saturated carbocycles. The van der Waals surface area contributed by atoms with Gasteiger partial charge in [-0.25, -0.2) is 0 Å². The predicted octanol–water partition coefficient (Wildman–Crippen LogP) is 2.70. The Morgan fingerprint density at radius 1 is 1.06 bits per heavy atom. The van der Waals surface area contributed by atoms with Crippen molar-refractivity contribution in [1.82, 2.24) is 5.32 Å². The molecule has 0 aliphatic heterocycles. The molecule has 180 valence electrons. The van der Waals surface area contributed by atoms with Gasteiger partial charge in [0.15, 0.2) is 0 Å². The van der Waals surface area contributed by atoms with Crippen molar-refractivity contribution in [2.75, 3.05) is 40.9 Å². The molecule has 0 spiro atoms. The molecule has 0 aromatic rings. The average Bonchev–Trinajstić information content (AvgIpc) is 2.65. The number of phosphoric acid groups is 1. The number of quaternary nitrogens is 1. The topological polar surface area (TPSA) is 108 Å². The molecule has 8 nitrogen and oxygen atoms in total. The average molecular weight is 461 g/mol. The van der Waals surface area contributed by atoms with Crippen LogP contribution in [0.2, 0.25) is 0 Å². The lowest BCUT2D eigenvalue weighted by atomic mass is 10.1. The van der Waals surface area contributed by atoms with Crippen LogP contribution in [-0.2, 0) is 18.4 Å². The number of nitrogens with one attached hydrogen (secondary N) is 1. The van der Waals surface area contributed by atoms with Gasteiger partial charge < -0.3 is 28.8 Å². The molecule has 0 heterocycles. The summed E-state index contributed by atoms with van der Waals surface area (Å²) >= 11 is 0. The van der Waals surface area contributed by atoms with Gasteiger partial charge in [0.2, 0.25) is 5.91 Å². The monoisotopic (exact) mass is 460 g/mol. The van der Waals surface area contributed by atoms with Crippen LogP contribution in [0.1, 0.15) is 46.0 Å². The third-order valence-electron chi connectivity index (χ3n) is 4.13. The number of phosphoric ester groups is 1. The largest absolute Gasteiger partial charge is 0.756 e. The number of amides is 1. The molecule has 0 radical (unpaired) electrons. The number of allylic oxidation sites excluding steroid dienone is 5. The van der Waals surface area contributed by atoms with E-state index < -0.39 is 32.5 Å². The van der Waals surface area contributed by atoms with E-state index in [-0.39, 0.29) is 6.61 Å². The van der Waals surface area contributed by atoms with Gasteiger partial charge in [-0.2, -0.15) is 0 Å². The normalized spacial score (nSPS) is 16.7. The van der Waals surface area contributed by atoms with Crippen molar-refractivity contribution in [1.29, 1.82) is 0 Å². The maximum atomic E-state index is 11.9. The highest BCUT2D eigenvalue weighted by Gasteiger charge is 2.22. The number of hydrogen-bond acceptors (Lipinski definition) is 6. The maximum absolute atomic E-state index is 11.9. The Morgan fingerprint density at radius 3 is 2.13 bits per heavy atom. The number of aliphatic hydroxyl groups excluding tert-OH is 1. The summed E-state index contributed by atoms with van der Waals surface area (Å²) < 4.78 is 22.2. The highest BCUT2D eigenvalue weighted by molar-refractivity contribution is 7.45. The van der Waals surface area contributed by atoms with Crippen molar-refractivity contribution < 1.29 is 32.9 Å². The van der Waals surface area contributed by atoms with Crippen molar-refractivity contribution >= 4 is 13.7 Å². The second-order valence-electron chi connectivity index (χ2n) is 8.32. The number of likely N-dealkylation sites (N-methyl/N-ethyl adjacent to an activating group) is 1. The maximum Gasteiger partial charge on any atom is 0.268 e. The molecule has 1 amide bonds. The van der Waals surface area contributed by atoms with E-state index >= 15 is 0 Å². The van der Waals surface area contributed by atoms with E-state index in [0.717, 1.165) is 32.1 Å². The standard InChI is InChI=1S/C22H41N2O6P/c1-6-7-8-9-10-11-12-13-14-15-16-22(26)21(23-20(2)25)19-30-31(27,28)29-18-17-24(3,4)5/h7-8,11-12,15-16,21-22,26H,6,9-10,13-14,17-19H2,1-5H3,(H-,23,25,27,28)/b8-7+,12-11+,16-15+. The Labute approximate surface area is 187 Å². The number of unbranched alkanes of at least 4 members (excludes halogenated alkanes) is 2. The van der Waals surface area contributed by atoms with Crippen molar-refractivity contribution in [2.45, 2.75) is 58.1 Å². The number of aliphatic hydroxyl groups is 1. The van der Waals surface area contributed by atoms with Crippen molar-refractivity contribution in [3.8, 4) is 0 Å².